The average molecular weight is 352 g/mol. The van der Waals surface area contributed by atoms with Crippen LogP contribution < -0.4 is 10.1 Å². The second-order valence-corrected chi connectivity index (χ2v) is 5.98. The van der Waals surface area contributed by atoms with Gasteiger partial charge in [0.05, 0.1) is 4.47 Å². The summed E-state index contributed by atoms with van der Waals surface area (Å²) in [5, 5.41) is 7.37. The Morgan fingerprint density at radius 3 is 3.00 bits per heavy atom. The molecule has 112 valence electrons. The summed E-state index contributed by atoms with van der Waals surface area (Å²) in [5.74, 6) is 2.04. The van der Waals surface area contributed by atoms with Crippen LogP contribution in [0.25, 0.3) is 0 Å². The molecule has 1 aliphatic rings. The van der Waals surface area contributed by atoms with E-state index in [1.165, 1.54) is 12.8 Å². The summed E-state index contributed by atoms with van der Waals surface area (Å²) in [6.45, 7) is 3.08. The molecule has 1 aliphatic carbocycles. The molecule has 0 bridgehead atoms. The van der Waals surface area contributed by atoms with Gasteiger partial charge in [-0.25, -0.2) is 0 Å². The SMILES string of the molecule is CCc1noc(COc2c(Br)cccc2CNC2CC2)n1. The summed E-state index contributed by atoms with van der Waals surface area (Å²) in [6, 6.07) is 6.73. The first-order valence-corrected chi connectivity index (χ1v) is 8.00. The normalized spacial score (nSPS) is 14.4. The highest BCUT2D eigenvalue weighted by Crippen LogP contribution is 2.30. The van der Waals surface area contributed by atoms with E-state index >= 15 is 0 Å². The smallest absolute Gasteiger partial charge is 0.264 e. The van der Waals surface area contributed by atoms with Crippen molar-refractivity contribution in [1.82, 2.24) is 15.5 Å². The van der Waals surface area contributed by atoms with Crippen LogP contribution in [0.15, 0.2) is 27.2 Å². The van der Waals surface area contributed by atoms with Crippen LogP contribution >= 0.6 is 15.9 Å². The third-order valence-electron chi connectivity index (χ3n) is 3.37. The topological polar surface area (TPSA) is 60.2 Å². The molecule has 21 heavy (non-hydrogen) atoms. The number of halogens is 1. The molecule has 0 saturated heterocycles. The van der Waals surface area contributed by atoms with Crippen molar-refractivity contribution in [3.63, 3.8) is 0 Å². The summed E-state index contributed by atoms with van der Waals surface area (Å²) in [5.41, 5.74) is 1.13. The number of aryl methyl sites for hydroxylation is 1. The fourth-order valence-corrected chi connectivity index (χ4v) is 2.54. The number of ether oxygens (including phenoxy) is 1. The lowest BCUT2D eigenvalue weighted by molar-refractivity contribution is 0.239. The van der Waals surface area contributed by atoms with Crippen molar-refractivity contribution < 1.29 is 9.26 Å². The summed E-state index contributed by atoms with van der Waals surface area (Å²) in [6.07, 6.45) is 3.30. The highest BCUT2D eigenvalue weighted by atomic mass is 79.9. The zero-order valence-corrected chi connectivity index (χ0v) is 13.5. The molecule has 0 aliphatic heterocycles. The number of nitrogens with one attached hydrogen (secondary N) is 1. The van der Waals surface area contributed by atoms with E-state index in [1.807, 2.05) is 19.1 Å². The quantitative estimate of drug-likeness (QED) is 0.829. The lowest BCUT2D eigenvalue weighted by Crippen LogP contribution is -2.16. The van der Waals surface area contributed by atoms with Gasteiger partial charge in [0, 0.05) is 24.6 Å². The van der Waals surface area contributed by atoms with Gasteiger partial charge in [-0.1, -0.05) is 24.2 Å². The van der Waals surface area contributed by atoms with Gasteiger partial charge in [0.15, 0.2) is 12.4 Å². The van der Waals surface area contributed by atoms with E-state index in [4.69, 9.17) is 9.26 Å². The van der Waals surface area contributed by atoms with Crippen molar-refractivity contribution in [2.24, 2.45) is 0 Å². The number of benzene rings is 1. The summed E-state index contributed by atoms with van der Waals surface area (Å²) in [7, 11) is 0. The highest BCUT2D eigenvalue weighted by molar-refractivity contribution is 9.10. The predicted octanol–water partition coefficient (Wildman–Crippen LogP) is 3.23. The van der Waals surface area contributed by atoms with Crippen LogP contribution in [0.3, 0.4) is 0 Å². The Labute approximate surface area is 132 Å². The van der Waals surface area contributed by atoms with E-state index in [9.17, 15) is 0 Å². The third-order valence-corrected chi connectivity index (χ3v) is 4.00. The first-order valence-electron chi connectivity index (χ1n) is 7.21. The largest absolute Gasteiger partial charge is 0.482 e. The van der Waals surface area contributed by atoms with E-state index in [0.29, 0.717) is 17.8 Å². The molecule has 6 heteroatoms. The maximum Gasteiger partial charge on any atom is 0.264 e. The van der Waals surface area contributed by atoms with Crippen molar-refractivity contribution in [3.05, 3.63) is 40.0 Å². The van der Waals surface area contributed by atoms with E-state index in [2.05, 4.69) is 37.5 Å². The van der Waals surface area contributed by atoms with Crippen LogP contribution in [0.1, 0.15) is 37.0 Å². The molecule has 1 fully saturated rings. The molecule has 1 aromatic heterocycles. The van der Waals surface area contributed by atoms with Crippen molar-refractivity contribution in [3.8, 4) is 5.75 Å². The number of hydrogen-bond acceptors (Lipinski definition) is 5. The Bertz CT molecular complexity index is 611. The van der Waals surface area contributed by atoms with Crippen LogP contribution in [-0.4, -0.2) is 16.2 Å². The van der Waals surface area contributed by atoms with Crippen LogP contribution in [0.2, 0.25) is 0 Å². The zero-order chi connectivity index (χ0) is 14.7. The first-order chi connectivity index (χ1) is 10.3. The Morgan fingerprint density at radius 1 is 1.43 bits per heavy atom. The van der Waals surface area contributed by atoms with Gasteiger partial charge in [0.2, 0.25) is 0 Å². The fraction of sp³-hybridized carbons (Fsp3) is 0.467. The van der Waals surface area contributed by atoms with E-state index in [-0.39, 0.29) is 6.61 Å². The molecule has 1 saturated carbocycles. The average Bonchev–Trinajstić information content (AvgIpc) is 3.21. The molecular weight excluding hydrogens is 334 g/mol. The zero-order valence-electron chi connectivity index (χ0n) is 11.9. The summed E-state index contributed by atoms with van der Waals surface area (Å²) in [4.78, 5) is 4.25. The van der Waals surface area contributed by atoms with E-state index < -0.39 is 0 Å². The molecule has 0 spiro atoms. The lowest BCUT2D eigenvalue weighted by Gasteiger charge is -2.12. The monoisotopic (exact) mass is 351 g/mol. The van der Waals surface area contributed by atoms with Crippen molar-refractivity contribution in [1.29, 1.82) is 0 Å². The predicted molar refractivity (Wildman–Crippen MR) is 82.0 cm³/mol. The van der Waals surface area contributed by atoms with Gasteiger partial charge >= 0.3 is 0 Å². The Morgan fingerprint density at radius 2 is 2.29 bits per heavy atom. The molecule has 3 rings (SSSR count). The molecular formula is C15H18BrN3O2. The molecule has 0 amide bonds. The first kappa shape index (κ1) is 14.5. The lowest BCUT2D eigenvalue weighted by atomic mass is 10.2. The van der Waals surface area contributed by atoms with Gasteiger partial charge in [-0.3, -0.25) is 0 Å². The number of aromatic nitrogens is 2. The van der Waals surface area contributed by atoms with Crippen LogP contribution in [-0.2, 0) is 19.6 Å². The van der Waals surface area contributed by atoms with Gasteiger partial charge in [-0.05, 0) is 34.8 Å². The minimum absolute atomic E-state index is 0.284. The van der Waals surface area contributed by atoms with Gasteiger partial charge in [-0.2, -0.15) is 4.98 Å². The minimum Gasteiger partial charge on any atom is -0.482 e. The molecule has 0 atom stereocenters. The molecule has 1 aromatic carbocycles. The highest BCUT2D eigenvalue weighted by Gasteiger charge is 2.21. The van der Waals surface area contributed by atoms with Gasteiger partial charge in [-0.15, -0.1) is 0 Å². The van der Waals surface area contributed by atoms with E-state index in [0.717, 1.165) is 28.8 Å². The molecule has 1 N–H and O–H groups in total. The van der Waals surface area contributed by atoms with Crippen molar-refractivity contribution in [2.45, 2.75) is 45.4 Å². The van der Waals surface area contributed by atoms with Crippen molar-refractivity contribution in [2.75, 3.05) is 0 Å². The molecule has 2 aromatic rings. The molecule has 0 unspecified atom stereocenters. The number of nitrogens with zero attached hydrogens (tertiary/aromatic N) is 2. The van der Waals surface area contributed by atoms with Crippen LogP contribution in [0.5, 0.6) is 5.75 Å². The number of hydrogen-bond donors (Lipinski definition) is 1. The fourth-order valence-electron chi connectivity index (χ4n) is 2.02. The maximum absolute atomic E-state index is 5.88. The van der Waals surface area contributed by atoms with E-state index in [1.54, 1.807) is 0 Å². The maximum atomic E-state index is 5.88. The standard InChI is InChI=1S/C15H18BrN3O2/c1-2-13-18-14(21-19-13)9-20-15-10(4-3-5-12(15)16)8-17-11-6-7-11/h3-5,11,17H,2,6-9H2,1H3. The second-order valence-electron chi connectivity index (χ2n) is 5.13. The number of rotatable bonds is 7. The summed E-state index contributed by atoms with van der Waals surface area (Å²) >= 11 is 3.54. The summed E-state index contributed by atoms with van der Waals surface area (Å²) < 4.78 is 12.0. The van der Waals surface area contributed by atoms with Gasteiger partial charge < -0.3 is 14.6 Å². The molecule has 0 radical (unpaired) electrons. The van der Waals surface area contributed by atoms with Gasteiger partial charge in [0.1, 0.15) is 5.75 Å². The molecule has 5 nitrogen and oxygen atoms in total. The third kappa shape index (κ3) is 3.83. The number of para-hydroxylation sites is 1. The second kappa shape index (κ2) is 6.58. The Kier molecular flexibility index (Phi) is 4.55. The minimum atomic E-state index is 0.284. The Hall–Kier alpha value is -1.40. The molecule has 1 heterocycles. The van der Waals surface area contributed by atoms with Crippen molar-refractivity contribution >= 4 is 15.9 Å². The van der Waals surface area contributed by atoms with Crippen LogP contribution in [0, 0.1) is 0 Å². The van der Waals surface area contributed by atoms with Gasteiger partial charge in [0.25, 0.3) is 5.89 Å². The van der Waals surface area contributed by atoms with Crippen LogP contribution in [0.4, 0.5) is 0 Å². The Balaban J connectivity index is 1.67.